The van der Waals surface area contributed by atoms with Gasteiger partial charge in [0.05, 0.1) is 7.11 Å². The Hall–Kier alpha value is -1.77. The van der Waals surface area contributed by atoms with Gasteiger partial charge in [0.25, 0.3) is 0 Å². The third-order valence-electron chi connectivity index (χ3n) is 3.33. The molecule has 1 rings (SSSR count). The Morgan fingerprint density at radius 1 is 1.28 bits per heavy atom. The van der Waals surface area contributed by atoms with Crippen LogP contribution in [0.15, 0.2) is 41.9 Å². The average Bonchev–Trinajstić information content (AvgIpc) is 2.62. The first-order valence-corrected chi connectivity index (χ1v) is 8.04. The Bertz CT molecular complexity index is 550. The minimum atomic E-state index is -0.173. The van der Waals surface area contributed by atoms with E-state index in [0.29, 0.717) is 25.5 Å². The number of rotatable bonds is 10. The number of unbranched alkanes of at least 4 members (excludes halogenated alkanes) is 1. The molecule has 0 spiro atoms. The highest BCUT2D eigenvalue weighted by Crippen LogP contribution is 2.17. The zero-order chi connectivity index (χ0) is 17.6. The lowest BCUT2D eigenvalue weighted by molar-refractivity contribution is -0.140. The number of hydrogen-bond acceptors (Lipinski definition) is 4. The average molecular weight is 461 g/mol. The molecule has 25 heavy (non-hydrogen) atoms. The summed E-state index contributed by atoms with van der Waals surface area (Å²) in [6, 6.07) is 7.86. The third-order valence-corrected chi connectivity index (χ3v) is 3.33. The van der Waals surface area contributed by atoms with Crippen molar-refractivity contribution in [3.63, 3.8) is 0 Å². The molecule has 0 saturated carbocycles. The van der Waals surface area contributed by atoms with Crippen LogP contribution in [0.5, 0.6) is 5.75 Å². The second kappa shape index (κ2) is 14.6. The number of guanidine groups is 1. The van der Waals surface area contributed by atoms with Crippen molar-refractivity contribution in [1.29, 1.82) is 0 Å². The van der Waals surface area contributed by atoms with E-state index >= 15 is 0 Å². The van der Waals surface area contributed by atoms with Gasteiger partial charge in [-0.2, -0.15) is 0 Å². The van der Waals surface area contributed by atoms with Crippen molar-refractivity contribution in [3.8, 4) is 5.75 Å². The Kier molecular flexibility index (Phi) is 13.5. The van der Waals surface area contributed by atoms with E-state index in [2.05, 4.69) is 26.9 Å². The summed E-state index contributed by atoms with van der Waals surface area (Å²) in [5.41, 5.74) is 1.05. The molecule has 0 aliphatic heterocycles. The summed E-state index contributed by atoms with van der Waals surface area (Å²) in [5, 5.41) is 6.48. The first kappa shape index (κ1) is 23.2. The van der Waals surface area contributed by atoms with Gasteiger partial charge >= 0.3 is 5.97 Å². The van der Waals surface area contributed by atoms with Crippen LogP contribution in [-0.4, -0.2) is 39.2 Å². The summed E-state index contributed by atoms with van der Waals surface area (Å²) < 4.78 is 10.2. The number of carbonyl (C=O) groups excluding carboxylic acids is 1. The monoisotopic (exact) mass is 461 g/mol. The second-order valence-electron chi connectivity index (χ2n) is 5.09. The molecule has 0 amide bonds. The lowest BCUT2D eigenvalue weighted by atomic mass is 10.2. The fraction of sp³-hybridized carbons (Fsp3) is 0.444. The standard InChI is InChI=1S/C18H27N3O3.HI/c1-4-13-24-16-10-6-5-9-15(16)14-21-18(19-2)20-12-8-7-11-17(22)23-3;/h4-6,9-10H,1,7-8,11-14H2,2-3H3,(H2,19,20,21);1H. The van der Waals surface area contributed by atoms with Gasteiger partial charge in [0.15, 0.2) is 5.96 Å². The van der Waals surface area contributed by atoms with Gasteiger partial charge < -0.3 is 20.1 Å². The molecular weight excluding hydrogens is 433 g/mol. The van der Waals surface area contributed by atoms with Crippen LogP contribution in [0, 0.1) is 0 Å². The van der Waals surface area contributed by atoms with Gasteiger partial charge in [0.1, 0.15) is 12.4 Å². The summed E-state index contributed by atoms with van der Waals surface area (Å²) in [6.45, 7) is 5.48. The molecule has 0 radical (unpaired) electrons. The normalized spacial score (nSPS) is 10.4. The topological polar surface area (TPSA) is 72.0 Å². The fourth-order valence-corrected chi connectivity index (χ4v) is 2.04. The van der Waals surface area contributed by atoms with Crippen LogP contribution in [-0.2, 0) is 16.1 Å². The zero-order valence-corrected chi connectivity index (χ0v) is 17.2. The molecule has 140 valence electrons. The summed E-state index contributed by atoms with van der Waals surface area (Å²) >= 11 is 0. The molecular formula is C18H28IN3O3. The van der Waals surface area contributed by atoms with E-state index < -0.39 is 0 Å². The largest absolute Gasteiger partial charge is 0.489 e. The second-order valence-corrected chi connectivity index (χ2v) is 5.09. The highest BCUT2D eigenvalue weighted by molar-refractivity contribution is 14.0. The van der Waals surface area contributed by atoms with Crippen molar-refractivity contribution in [3.05, 3.63) is 42.5 Å². The van der Waals surface area contributed by atoms with Crippen LogP contribution >= 0.6 is 24.0 Å². The number of halogens is 1. The molecule has 0 aliphatic rings. The molecule has 0 fully saturated rings. The first-order valence-electron chi connectivity index (χ1n) is 8.04. The third kappa shape index (κ3) is 9.96. The molecule has 7 heteroatoms. The van der Waals surface area contributed by atoms with E-state index in [9.17, 15) is 4.79 Å². The van der Waals surface area contributed by atoms with E-state index in [4.69, 9.17) is 4.74 Å². The molecule has 0 aliphatic carbocycles. The maximum atomic E-state index is 11.0. The smallest absolute Gasteiger partial charge is 0.305 e. The molecule has 6 nitrogen and oxygen atoms in total. The Labute approximate surface area is 167 Å². The van der Waals surface area contributed by atoms with Crippen LogP contribution in [0.3, 0.4) is 0 Å². The maximum absolute atomic E-state index is 11.0. The van der Waals surface area contributed by atoms with Gasteiger partial charge in [-0.25, -0.2) is 0 Å². The Balaban J connectivity index is 0.00000576. The van der Waals surface area contributed by atoms with E-state index in [1.165, 1.54) is 7.11 Å². The highest BCUT2D eigenvalue weighted by atomic mass is 127. The van der Waals surface area contributed by atoms with Crippen molar-refractivity contribution in [2.45, 2.75) is 25.8 Å². The van der Waals surface area contributed by atoms with Crippen molar-refractivity contribution < 1.29 is 14.3 Å². The van der Waals surface area contributed by atoms with Gasteiger partial charge in [-0.05, 0) is 18.9 Å². The number of ether oxygens (including phenoxy) is 2. The predicted octanol–water partition coefficient (Wildman–Crippen LogP) is 2.88. The minimum absolute atomic E-state index is 0. The Morgan fingerprint density at radius 3 is 2.72 bits per heavy atom. The van der Waals surface area contributed by atoms with Crippen molar-refractivity contribution in [2.24, 2.45) is 4.99 Å². The van der Waals surface area contributed by atoms with E-state index in [0.717, 1.165) is 30.7 Å². The molecule has 0 saturated heterocycles. The molecule has 0 atom stereocenters. The van der Waals surface area contributed by atoms with Crippen LogP contribution in [0.25, 0.3) is 0 Å². The summed E-state index contributed by atoms with van der Waals surface area (Å²) in [4.78, 5) is 15.2. The lowest BCUT2D eigenvalue weighted by Crippen LogP contribution is -2.37. The highest BCUT2D eigenvalue weighted by Gasteiger charge is 2.04. The van der Waals surface area contributed by atoms with Gasteiger partial charge in [0.2, 0.25) is 0 Å². The van der Waals surface area contributed by atoms with E-state index in [-0.39, 0.29) is 29.9 Å². The van der Waals surface area contributed by atoms with Crippen LogP contribution in [0.1, 0.15) is 24.8 Å². The van der Waals surface area contributed by atoms with Gasteiger partial charge in [-0.15, -0.1) is 24.0 Å². The number of para-hydroxylation sites is 1. The number of nitrogens with zero attached hydrogens (tertiary/aromatic N) is 1. The molecule has 1 aromatic carbocycles. The van der Waals surface area contributed by atoms with Gasteiger partial charge in [-0.3, -0.25) is 9.79 Å². The van der Waals surface area contributed by atoms with E-state index in [1.807, 2.05) is 24.3 Å². The molecule has 0 unspecified atom stereocenters. The number of carbonyl (C=O) groups is 1. The van der Waals surface area contributed by atoms with Crippen LogP contribution in [0.2, 0.25) is 0 Å². The van der Waals surface area contributed by atoms with Crippen LogP contribution < -0.4 is 15.4 Å². The number of methoxy groups -OCH3 is 1. The van der Waals surface area contributed by atoms with Gasteiger partial charge in [-0.1, -0.05) is 30.9 Å². The quantitative estimate of drug-likeness (QED) is 0.140. The van der Waals surface area contributed by atoms with Crippen LogP contribution in [0.4, 0.5) is 0 Å². The molecule has 1 aromatic rings. The molecule has 0 heterocycles. The molecule has 0 aromatic heterocycles. The predicted molar refractivity (Wildman–Crippen MR) is 112 cm³/mol. The summed E-state index contributed by atoms with van der Waals surface area (Å²) in [6.07, 6.45) is 3.82. The Morgan fingerprint density at radius 2 is 2.04 bits per heavy atom. The fourth-order valence-electron chi connectivity index (χ4n) is 2.04. The zero-order valence-electron chi connectivity index (χ0n) is 14.9. The molecule has 0 bridgehead atoms. The number of aliphatic imine (C=N–C) groups is 1. The van der Waals surface area contributed by atoms with Crippen molar-refractivity contribution in [1.82, 2.24) is 10.6 Å². The number of hydrogen-bond donors (Lipinski definition) is 2. The number of esters is 1. The van der Waals surface area contributed by atoms with Crippen molar-refractivity contribution in [2.75, 3.05) is 27.3 Å². The molecule has 2 N–H and O–H groups in total. The number of benzene rings is 1. The number of nitrogens with one attached hydrogen (secondary N) is 2. The van der Waals surface area contributed by atoms with Crippen molar-refractivity contribution >= 4 is 35.9 Å². The lowest BCUT2D eigenvalue weighted by Gasteiger charge is -2.14. The minimum Gasteiger partial charge on any atom is -0.489 e. The SMILES string of the molecule is C=CCOc1ccccc1CNC(=NC)NCCCCC(=O)OC.I. The first-order chi connectivity index (χ1) is 11.7. The maximum Gasteiger partial charge on any atom is 0.305 e. The summed E-state index contributed by atoms with van der Waals surface area (Å²) in [7, 11) is 3.13. The summed E-state index contributed by atoms with van der Waals surface area (Å²) in [5.74, 6) is 1.37. The van der Waals surface area contributed by atoms with Gasteiger partial charge in [0, 0.05) is 32.1 Å². The van der Waals surface area contributed by atoms with E-state index in [1.54, 1.807) is 13.1 Å².